The van der Waals surface area contributed by atoms with Gasteiger partial charge in [-0.15, -0.1) is 0 Å². The topological polar surface area (TPSA) is 106 Å². The third-order valence-electron chi connectivity index (χ3n) is 6.59. The average Bonchev–Trinajstić information content (AvgIpc) is 3.31. The highest BCUT2D eigenvalue weighted by Gasteiger charge is 2.31. The van der Waals surface area contributed by atoms with Crippen molar-refractivity contribution >= 4 is 45.7 Å². The van der Waals surface area contributed by atoms with Crippen molar-refractivity contribution in [3.05, 3.63) is 47.5 Å². The van der Waals surface area contributed by atoms with E-state index < -0.39 is 5.82 Å². The van der Waals surface area contributed by atoms with E-state index in [1.165, 1.54) is 18.5 Å². The number of ether oxygens (including phenoxy) is 2. The van der Waals surface area contributed by atoms with Crippen LogP contribution in [0.15, 0.2) is 36.7 Å². The molecule has 1 atom stereocenters. The summed E-state index contributed by atoms with van der Waals surface area (Å²) in [5, 5.41) is 3.88. The first-order chi connectivity index (χ1) is 17.5. The number of benzene rings is 2. The summed E-state index contributed by atoms with van der Waals surface area (Å²) in [5.74, 6) is 0.533. The highest BCUT2D eigenvalue weighted by Crippen LogP contribution is 2.32. The van der Waals surface area contributed by atoms with Gasteiger partial charge in [0.15, 0.2) is 0 Å². The molecule has 36 heavy (non-hydrogen) atoms. The molecule has 3 heterocycles. The van der Waals surface area contributed by atoms with Crippen molar-refractivity contribution in [1.29, 1.82) is 0 Å². The molecule has 11 heteroatoms. The molecule has 0 radical (unpaired) electrons. The van der Waals surface area contributed by atoms with Crippen molar-refractivity contribution in [3.63, 3.8) is 0 Å². The van der Waals surface area contributed by atoms with Crippen LogP contribution in [-0.2, 0) is 9.53 Å². The standard InChI is InChI=1S/C25H28ClFN6O3/c26-19-10-16(2-3-20(19)27)31-25-18-12-21(28)23(13-22(18)29-15-30-25)35-9-1-4-32-5-7-33(8-6-32)17-11-24(34)36-14-17/h2-3,10,12-13,15,17H,1,4-9,11,14,28H2,(H,29,30,31). The van der Waals surface area contributed by atoms with Crippen molar-refractivity contribution in [1.82, 2.24) is 19.8 Å². The van der Waals surface area contributed by atoms with Gasteiger partial charge in [0.2, 0.25) is 0 Å². The summed E-state index contributed by atoms with van der Waals surface area (Å²) >= 11 is 5.89. The van der Waals surface area contributed by atoms with Gasteiger partial charge in [0.25, 0.3) is 0 Å². The van der Waals surface area contributed by atoms with Crippen molar-refractivity contribution < 1.29 is 18.7 Å². The number of nitrogen functional groups attached to an aromatic ring is 1. The van der Waals surface area contributed by atoms with E-state index in [0.29, 0.717) is 48.1 Å². The Bertz CT molecular complexity index is 1250. The van der Waals surface area contributed by atoms with E-state index in [-0.39, 0.29) is 17.0 Å². The molecule has 0 saturated carbocycles. The number of anilines is 3. The van der Waals surface area contributed by atoms with Gasteiger partial charge >= 0.3 is 5.97 Å². The molecule has 0 amide bonds. The molecule has 1 aromatic heterocycles. The first-order valence-corrected chi connectivity index (χ1v) is 12.4. The van der Waals surface area contributed by atoms with Crippen molar-refractivity contribution in [2.45, 2.75) is 18.9 Å². The molecule has 2 fully saturated rings. The lowest BCUT2D eigenvalue weighted by Gasteiger charge is -2.37. The Morgan fingerprint density at radius 2 is 2.03 bits per heavy atom. The number of hydrogen-bond donors (Lipinski definition) is 2. The minimum atomic E-state index is -0.486. The second kappa shape index (κ2) is 10.8. The first-order valence-electron chi connectivity index (χ1n) is 12.0. The molecule has 2 aliphatic rings. The van der Waals surface area contributed by atoms with Gasteiger partial charge in [-0.05, 0) is 30.7 Å². The maximum atomic E-state index is 13.5. The summed E-state index contributed by atoms with van der Waals surface area (Å²) in [6, 6.07) is 8.18. The number of cyclic esters (lactones) is 1. The highest BCUT2D eigenvalue weighted by atomic mass is 35.5. The Morgan fingerprint density at radius 3 is 2.78 bits per heavy atom. The zero-order valence-corrected chi connectivity index (χ0v) is 20.5. The van der Waals surface area contributed by atoms with Crippen LogP contribution < -0.4 is 15.8 Å². The Labute approximate surface area is 213 Å². The van der Waals surface area contributed by atoms with Crippen LogP contribution in [0.3, 0.4) is 0 Å². The van der Waals surface area contributed by atoms with E-state index in [2.05, 4.69) is 25.1 Å². The van der Waals surface area contributed by atoms with Gasteiger partial charge in [-0.25, -0.2) is 14.4 Å². The number of fused-ring (bicyclic) bond motifs is 1. The van der Waals surface area contributed by atoms with Crippen LogP contribution in [0, 0.1) is 5.82 Å². The maximum absolute atomic E-state index is 13.5. The normalized spacial score (nSPS) is 18.9. The van der Waals surface area contributed by atoms with Crippen molar-refractivity contribution in [2.75, 3.05) is 57.0 Å². The molecule has 5 rings (SSSR count). The lowest BCUT2D eigenvalue weighted by atomic mass is 10.2. The zero-order chi connectivity index (χ0) is 25.1. The summed E-state index contributed by atoms with van der Waals surface area (Å²) in [4.78, 5) is 24.8. The van der Waals surface area contributed by atoms with Crippen LogP contribution >= 0.6 is 11.6 Å². The molecule has 0 spiro atoms. The van der Waals surface area contributed by atoms with E-state index in [1.54, 1.807) is 18.2 Å². The molecule has 190 valence electrons. The Morgan fingerprint density at radius 1 is 1.19 bits per heavy atom. The molecule has 2 aromatic carbocycles. The Hall–Kier alpha value is -3.21. The van der Waals surface area contributed by atoms with Crippen LogP contribution in [0.1, 0.15) is 12.8 Å². The number of nitrogens with two attached hydrogens (primary N) is 1. The van der Waals surface area contributed by atoms with Crippen molar-refractivity contribution in [3.8, 4) is 5.75 Å². The van der Waals surface area contributed by atoms with Gasteiger partial charge in [0, 0.05) is 49.9 Å². The minimum absolute atomic E-state index is 0.0235. The van der Waals surface area contributed by atoms with E-state index in [4.69, 9.17) is 26.8 Å². The predicted molar refractivity (Wildman–Crippen MR) is 136 cm³/mol. The Kier molecular flexibility index (Phi) is 7.35. The second-order valence-electron chi connectivity index (χ2n) is 9.00. The summed E-state index contributed by atoms with van der Waals surface area (Å²) in [6.07, 6.45) is 2.82. The lowest BCUT2D eigenvalue weighted by Crippen LogP contribution is -2.50. The van der Waals surface area contributed by atoms with E-state index in [9.17, 15) is 9.18 Å². The van der Waals surface area contributed by atoms with E-state index >= 15 is 0 Å². The highest BCUT2D eigenvalue weighted by molar-refractivity contribution is 6.31. The number of carbonyl (C=O) groups is 1. The molecule has 3 N–H and O–H groups in total. The maximum Gasteiger partial charge on any atom is 0.307 e. The van der Waals surface area contributed by atoms with Crippen LogP contribution in [-0.4, -0.2) is 77.7 Å². The van der Waals surface area contributed by atoms with Gasteiger partial charge in [0.05, 0.1) is 35.3 Å². The second-order valence-corrected chi connectivity index (χ2v) is 9.41. The largest absolute Gasteiger partial charge is 0.491 e. The molecular formula is C25H28ClFN6O3. The number of nitrogens with one attached hydrogen (secondary N) is 1. The first kappa shape index (κ1) is 24.5. The van der Waals surface area contributed by atoms with Gasteiger partial charge in [-0.2, -0.15) is 0 Å². The Balaban J connectivity index is 1.14. The molecule has 0 aliphatic carbocycles. The quantitative estimate of drug-likeness (QED) is 0.265. The lowest BCUT2D eigenvalue weighted by molar-refractivity contribution is -0.137. The summed E-state index contributed by atoms with van der Waals surface area (Å²) < 4.78 is 24.5. The molecule has 2 aliphatic heterocycles. The molecular weight excluding hydrogens is 487 g/mol. The smallest absolute Gasteiger partial charge is 0.307 e. The molecule has 0 bridgehead atoms. The number of aromatic nitrogens is 2. The minimum Gasteiger partial charge on any atom is -0.491 e. The van der Waals surface area contributed by atoms with Crippen LogP contribution in [0.25, 0.3) is 10.9 Å². The number of esters is 1. The number of nitrogens with zero attached hydrogens (tertiary/aromatic N) is 4. The van der Waals surface area contributed by atoms with Gasteiger partial charge < -0.3 is 25.4 Å². The molecule has 2 saturated heterocycles. The third-order valence-corrected chi connectivity index (χ3v) is 6.88. The number of rotatable bonds is 8. The molecule has 3 aromatic rings. The third kappa shape index (κ3) is 5.61. The molecule has 9 nitrogen and oxygen atoms in total. The van der Waals surface area contributed by atoms with E-state index in [1.807, 2.05) is 0 Å². The summed E-state index contributed by atoms with van der Waals surface area (Å²) in [5.41, 5.74) is 8.04. The zero-order valence-electron chi connectivity index (χ0n) is 19.8. The number of halogens is 2. The fourth-order valence-electron chi connectivity index (χ4n) is 4.59. The predicted octanol–water partition coefficient (Wildman–Crippen LogP) is 3.45. The molecule has 1 unspecified atom stereocenters. The van der Waals surface area contributed by atoms with Gasteiger partial charge in [-0.1, -0.05) is 11.6 Å². The number of hydrogen-bond acceptors (Lipinski definition) is 9. The van der Waals surface area contributed by atoms with Gasteiger partial charge in [-0.3, -0.25) is 9.69 Å². The van der Waals surface area contributed by atoms with Crippen LogP contribution in [0.2, 0.25) is 5.02 Å². The van der Waals surface area contributed by atoms with Crippen LogP contribution in [0.5, 0.6) is 5.75 Å². The number of piperazine rings is 1. The van der Waals surface area contributed by atoms with Crippen molar-refractivity contribution in [2.24, 2.45) is 0 Å². The SMILES string of the molecule is Nc1cc2c(Nc3ccc(F)c(Cl)c3)ncnc2cc1OCCCN1CCN(C2COC(=O)C2)CC1. The average molecular weight is 515 g/mol. The van der Waals surface area contributed by atoms with Crippen LogP contribution in [0.4, 0.5) is 21.6 Å². The fourth-order valence-corrected chi connectivity index (χ4v) is 4.77. The summed E-state index contributed by atoms with van der Waals surface area (Å²) in [7, 11) is 0. The van der Waals surface area contributed by atoms with E-state index in [0.717, 1.165) is 44.5 Å². The fraction of sp³-hybridized carbons (Fsp3) is 0.400. The monoisotopic (exact) mass is 514 g/mol. The van der Waals surface area contributed by atoms with Gasteiger partial charge in [0.1, 0.15) is 30.3 Å². The number of carbonyl (C=O) groups excluding carboxylic acids is 1. The summed E-state index contributed by atoms with van der Waals surface area (Å²) in [6.45, 7) is 5.80.